The summed E-state index contributed by atoms with van der Waals surface area (Å²) in [5, 5.41) is 6.55. The highest BCUT2D eigenvalue weighted by Gasteiger charge is 2.39. The molecule has 306 valence electrons. The van der Waals surface area contributed by atoms with Gasteiger partial charge in [0.2, 0.25) is 11.8 Å². The number of alkyl carbamates (subject to hydrolysis) is 2. The number of fused-ring (bicyclic) bond motifs is 2. The van der Waals surface area contributed by atoms with Crippen molar-refractivity contribution >= 4 is 57.1 Å². The number of aromatic amines is 1. The zero-order valence-electron chi connectivity index (χ0n) is 34.1. The SMILES string of the molecule is COC(=O)N[C@H](C(=O)N1CCC[C@H]1C1=NC=C(c2ccc3c(=O)c4cc(-c5cnc([C@@H]6CCCN6C(=O)[C@@H](NC(=O)OC)C(C)C)[nH]5)ccc4n(C)c3c2)C1)C(C)C. The quantitative estimate of drug-likeness (QED) is 0.172. The molecule has 2 fully saturated rings. The molecular weight excluding hydrogens is 741 g/mol. The summed E-state index contributed by atoms with van der Waals surface area (Å²) in [6.45, 7) is 8.70. The average molecular weight is 793 g/mol. The number of carbonyl (C=O) groups is 4. The Kier molecular flexibility index (Phi) is 11.4. The van der Waals surface area contributed by atoms with Crippen molar-refractivity contribution in [2.24, 2.45) is 23.9 Å². The first-order chi connectivity index (χ1) is 27.8. The normalized spacial score (nSPS) is 19.1. The van der Waals surface area contributed by atoms with Gasteiger partial charge in [-0.3, -0.25) is 19.4 Å². The highest BCUT2D eigenvalue weighted by atomic mass is 16.5. The van der Waals surface area contributed by atoms with E-state index in [4.69, 9.17) is 14.5 Å². The number of aliphatic imine (C=N–C) groups is 1. The van der Waals surface area contributed by atoms with Crippen molar-refractivity contribution in [1.29, 1.82) is 0 Å². The third kappa shape index (κ3) is 7.57. The summed E-state index contributed by atoms with van der Waals surface area (Å²) in [5.74, 6) is 0.0735. The molecule has 7 rings (SSSR count). The number of amides is 4. The first-order valence-electron chi connectivity index (χ1n) is 20.0. The van der Waals surface area contributed by atoms with Gasteiger partial charge in [-0.1, -0.05) is 39.8 Å². The predicted octanol–water partition coefficient (Wildman–Crippen LogP) is 5.68. The van der Waals surface area contributed by atoms with Crippen LogP contribution in [0.4, 0.5) is 9.59 Å². The lowest BCUT2D eigenvalue weighted by Gasteiger charge is -2.31. The summed E-state index contributed by atoms with van der Waals surface area (Å²) >= 11 is 0. The van der Waals surface area contributed by atoms with Gasteiger partial charge in [0.1, 0.15) is 17.9 Å². The maximum atomic E-state index is 14.1. The molecule has 58 heavy (non-hydrogen) atoms. The molecule has 2 aromatic heterocycles. The van der Waals surface area contributed by atoms with Crippen LogP contribution in [0.3, 0.4) is 0 Å². The fourth-order valence-corrected chi connectivity index (χ4v) is 8.58. The van der Waals surface area contributed by atoms with Crippen molar-refractivity contribution < 1.29 is 28.7 Å². The maximum Gasteiger partial charge on any atom is 0.407 e. The number of aromatic nitrogens is 3. The van der Waals surface area contributed by atoms with Crippen molar-refractivity contribution in [2.75, 3.05) is 27.3 Å². The molecule has 4 atom stereocenters. The van der Waals surface area contributed by atoms with Gasteiger partial charge in [-0.2, -0.15) is 0 Å². The summed E-state index contributed by atoms with van der Waals surface area (Å²) in [6.07, 6.45) is 6.05. The van der Waals surface area contributed by atoms with Crippen LogP contribution in [0.2, 0.25) is 0 Å². The van der Waals surface area contributed by atoms with E-state index in [1.165, 1.54) is 14.2 Å². The number of H-pyrrole nitrogens is 1. The number of carbonyl (C=O) groups excluding carboxylic acids is 4. The van der Waals surface area contributed by atoms with Crippen LogP contribution in [0.5, 0.6) is 0 Å². The number of methoxy groups -OCH3 is 2. The molecule has 0 radical (unpaired) electrons. The Morgan fingerprint density at radius 2 is 1.40 bits per heavy atom. The minimum atomic E-state index is -0.729. The fraction of sp³-hybridized carbons (Fsp3) is 0.465. The number of imidazole rings is 1. The highest BCUT2D eigenvalue weighted by molar-refractivity contribution is 6.05. The lowest BCUT2D eigenvalue weighted by molar-refractivity contribution is -0.135. The number of allylic oxidation sites excluding steroid dienone is 1. The van der Waals surface area contributed by atoms with Crippen LogP contribution in [0, 0.1) is 11.8 Å². The van der Waals surface area contributed by atoms with Crippen LogP contribution in [0.25, 0.3) is 38.6 Å². The molecule has 15 nitrogen and oxygen atoms in total. The maximum absolute atomic E-state index is 14.1. The summed E-state index contributed by atoms with van der Waals surface area (Å²) < 4.78 is 11.6. The summed E-state index contributed by atoms with van der Waals surface area (Å²) in [6, 6.07) is 9.76. The van der Waals surface area contributed by atoms with Crippen LogP contribution in [0.1, 0.15) is 77.2 Å². The third-order valence-electron chi connectivity index (χ3n) is 11.8. The number of ether oxygens (including phenoxy) is 2. The molecule has 2 saturated heterocycles. The van der Waals surface area contributed by atoms with E-state index < -0.39 is 24.3 Å². The Morgan fingerprint density at radius 1 is 0.793 bits per heavy atom. The Balaban J connectivity index is 1.09. The van der Waals surface area contributed by atoms with E-state index in [9.17, 15) is 24.0 Å². The number of hydrogen-bond donors (Lipinski definition) is 3. The topological polar surface area (TPSA) is 180 Å². The highest BCUT2D eigenvalue weighted by Crippen LogP contribution is 2.35. The fourth-order valence-electron chi connectivity index (χ4n) is 8.58. The second-order valence-electron chi connectivity index (χ2n) is 16.1. The Labute approximate surface area is 336 Å². The Morgan fingerprint density at radius 3 is 2.02 bits per heavy atom. The predicted molar refractivity (Wildman–Crippen MR) is 221 cm³/mol. The number of pyridine rings is 1. The number of aryl methyl sites for hydroxylation is 1. The first-order valence-corrected chi connectivity index (χ1v) is 20.0. The van der Waals surface area contributed by atoms with Gasteiger partial charge in [-0.05, 0) is 72.9 Å². The first kappa shape index (κ1) is 40.2. The number of hydrogen-bond acceptors (Lipinski definition) is 9. The van der Waals surface area contributed by atoms with Crippen LogP contribution in [-0.4, -0.2) is 99.5 Å². The Bertz CT molecular complexity index is 2390. The number of nitrogens with one attached hydrogen (secondary N) is 3. The van der Waals surface area contributed by atoms with Crippen molar-refractivity contribution in [1.82, 2.24) is 35.0 Å². The lowest BCUT2D eigenvalue weighted by Crippen LogP contribution is -2.53. The molecule has 0 bridgehead atoms. The van der Waals surface area contributed by atoms with Gasteiger partial charge in [-0.25, -0.2) is 14.6 Å². The van der Waals surface area contributed by atoms with E-state index in [2.05, 4.69) is 20.6 Å². The smallest absolute Gasteiger partial charge is 0.407 e. The monoisotopic (exact) mass is 792 g/mol. The van der Waals surface area contributed by atoms with Gasteiger partial charge in [0.05, 0.1) is 49.2 Å². The molecule has 15 heteroatoms. The lowest BCUT2D eigenvalue weighted by atomic mass is 9.96. The van der Waals surface area contributed by atoms with E-state index in [-0.39, 0.29) is 41.2 Å². The molecule has 4 amide bonds. The van der Waals surface area contributed by atoms with Crippen LogP contribution in [0.15, 0.2) is 58.6 Å². The Hall–Kier alpha value is -5.99. The molecular formula is C43H52N8O7. The van der Waals surface area contributed by atoms with Gasteiger partial charge in [0, 0.05) is 54.8 Å². The molecule has 0 spiro atoms. The van der Waals surface area contributed by atoms with Crippen molar-refractivity contribution in [3.63, 3.8) is 0 Å². The van der Waals surface area contributed by atoms with Crippen LogP contribution < -0.4 is 16.1 Å². The molecule has 3 N–H and O–H groups in total. The van der Waals surface area contributed by atoms with E-state index in [1.54, 1.807) is 11.1 Å². The molecule has 3 aliphatic heterocycles. The number of likely N-dealkylation sites (tertiary alicyclic amines) is 2. The van der Waals surface area contributed by atoms with Gasteiger partial charge >= 0.3 is 12.2 Å². The second kappa shape index (κ2) is 16.5. The zero-order valence-corrected chi connectivity index (χ0v) is 34.1. The van der Waals surface area contributed by atoms with E-state index in [1.807, 2.05) is 86.8 Å². The molecule has 3 aliphatic rings. The largest absolute Gasteiger partial charge is 0.453 e. The average Bonchev–Trinajstić information content (AvgIpc) is 4.06. The van der Waals surface area contributed by atoms with Crippen LogP contribution >= 0.6 is 0 Å². The standard InChI is InChI=1S/C43H52N8O7/c1-23(2)36(47-42(55)57-6)40(53)50-16-8-10-33(50)30-19-27(21-44-30)25-12-14-28-35(20-25)49(5)32-15-13-26(18-29(32)38(28)52)31-22-45-39(46-31)34-11-9-17-51(34)41(54)37(24(3)4)48-43(56)58-7/h12-15,18,20-24,33-34,36-37H,8-11,16-17,19H2,1-7H3,(H,45,46)(H,47,55)(H,48,56)/t33-,34-,36-,37-/m0/s1. The number of rotatable bonds is 10. The van der Waals surface area contributed by atoms with E-state index in [0.29, 0.717) is 36.1 Å². The molecule has 0 saturated carbocycles. The molecule has 5 heterocycles. The number of nitrogens with zero attached hydrogens (tertiary/aromatic N) is 5. The number of benzene rings is 2. The van der Waals surface area contributed by atoms with E-state index >= 15 is 0 Å². The van der Waals surface area contributed by atoms with Crippen molar-refractivity contribution in [3.8, 4) is 11.3 Å². The molecule has 2 aromatic carbocycles. The summed E-state index contributed by atoms with van der Waals surface area (Å²) in [4.78, 5) is 81.9. The minimum Gasteiger partial charge on any atom is -0.453 e. The molecule has 4 aromatic rings. The molecule has 0 unspecified atom stereocenters. The second-order valence-corrected chi connectivity index (χ2v) is 16.1. The summed E-state index contributed by atoms with van der Waals surface area (Å²) in [5.41, 5.74) is 5.87. The summed E-state index contributed by atoms with van der Waals surface area (Å²) in [7, 11) is 4.51. The minimum absolute atomic E-state index is 0.0839. The van der Waals surface area contributed by atoms with E-state index in [0.717, 1.165) is 64.8 Å². The van der Waals surface area contributed by atoms with Crippen molar-refractivity contribution in [3.05, 3.63) is 70.4 Å². The van der Waals surface area contributed by atoms with Crippen LogP contribution in [-0.2, 0) is 26.1 Å². The van der Waals surface area contributed by atoms with Gasteiger partial charge in [0.15, 0.2) is 5.43 Å². The van der Waals surface area contributed by atoms with Gasteiger partial charge in [0.25, 0.3) is 0 Å². The van der Waals surface area contributed by atoms with Gasteiger partial charge < -0.3 is 39.5 Å². The van der Waals surface area contributed by atoms with Gasteiger partial charge in [-0.15, -0.1) is 0 Å². The molecule has 0 aliphatic carbocycles. The van der Waals surface area contributed by atoms with Crippen molar-refractivity contribution in [2.45, 2.75) is 84.0 Å². The zero-order chi connectivity index (χ0) is 41.4. The third-order valence-corrected chi connectivity index (χ3v) is 11.8.